The standard InChI is InChI=1S/C18H22ClN3O3/c1-18(7-8-18)9-11-25-13-4-3-10-22(17(13)24)14-6-5-12(15(19)21-14)16(23)20-2/h3-6,10,16,20,23H,7-9,11H2,1-2H3. The summed E-state index contributed by atoms with van der Waals surface area (Å²) in [5.41, 5.74) is 0.548. The van der Waals surface area contributed by atoms with Crippen molar-refractivity contribution in [1.29, 1.82) is 0 Å². The molecule has 0 aromatic carbocycles. The lowest BCUT2D eigenvalue weighted by atomic mass is 10.1. The van der Waals surface area contributed by atoms with Crippen LogP contribution in [0.3, 0.4) is 0 Å². The van der Waals surface area contributed by atoms with E-state index in [9.17, 15) is 9.90 Å². The number of pyridine rings is 2. The fourth-order valence-electron chi connectivity index (χ4n) is 2.56. The Kier molecular flexibility index (Phi) is 5.13. The summed E-state index contributed by atoms with van der Waals surface area (Å²) in [6.07, 6.45) is 4.10. The van der Waals surface area contributed by atoms with Gasteiger partial charge in [0.1, 0.15) is 17.2 Å². The molecule has 0 radical (unpaired) electrons. The maximum atomic E-state index is 12.6. The van der Waals surface area contributed by atoms with Gasteiger partial charge in [0.2, 0.25) is 0 Å². The fourth-order valence-corrected chi connectivity index (χ4v) is 2.82. The molecule has 1 atom stereocenters. The Balaban J connectivity index is 1.81. The van der Waals surface area contributed by atoms with Gasteiger partial charge in [0.15, 0.2) is 5.75 Å². The Hall–Kier alpha value is -1.89. The highest BCUT2D eigenvalue weighted by molar-refractivity contribution is 6.30. The molecule has 2 N–H and O–H groups in total. The zero-order valence-electron chi connectivity index (χ0n) is 14.3. The molecule has 1 aliphatic rings. The predicted molar refractivity (Wildman–Crippen MR) is 96.3 cm³/mol. The van der Waals surface area contributed by atoms with E-state index in [0.29, 0.717) is 29.2 Å². The van der Waals surface area contributed by atoms with Gasteiger partial charge in [-0.25, -0.2) is 4.98 Å². The Morgan fingerprint density at radius 3 is 2.84 bits per heavy atom. The lowest BCUT2D eigenvalue weighted by Crippen LogP contribution is -2.22. The van der Waals surface area contributed by atoms with Crippen LogP contribution in [0, 0.1) is 5.41 Å². The van der Waals surface area contributed by atoms with Crippen molar-refractivity contribution < 1.29 is 9.84 Å². The molecular weight excluding hydrogens is 342 g/mol. The number of nitrogens with one attached hydrogen (secondary N) is 1. The highest BCUT2D eigenvalue weighted by atomic mass is 35.5. The van der Waals surface area contributed by atoms with Crippen LogP contribution in [0.1, 0.15) is 38.0 Å². The Morgan fingerprint density at radius 2 is 2.20 bits per heavy atom. The highest BCUT2D eigenvalue weighted by Gasteiger charge is 2.36. The molecule has 1 aliphatic carbocycles. The van der Waals surface area contributed by atoms with Gasteiger partial charge in [-0.15, -0.1) is 0 Å². The lowest BCUT2D eigenvalue weighted by molar-refractivity contribution is 0.149. The summed E-state index contributed by atoms with van der Waals surface area (Å²) in [4.78, 5) is 16.8. The molecule has 7 heteroatoms. The maximum absolute atomic E-state index is 12.6. The van der Waals surface area contributed by atoms with E-state index in [0.717, 1.165) is 6.42 Å². The number of rotatable bonds is 7. The molecule has 0 bridgehead atoms. The van der Waals surface area contributed by atoms with Gasteiger partial charge in [-0.2, -0.15) is 0 Å². The van der Waals surface area contributed by atoms with Crippen molar-refractivity contribution in [2.45, 2.75) is 32.4 Å². The normalized spacial score (nSPS) is 16.5. The zero-order chi connectivity index (χ0) is 18.0. The van der Waals surface area contributed by atoms with E-state index in [-0.39, 0.29) is 10.7 Å². The summed E-state index contributed by atoms with van der Waals surface area (Å²) < 4.78 is 7.06. The largest absolute Gasteiger partial charge is 0.488 e. The van der Waals surface area contributed by atoms with Crippen LogP contribution >= 0.6 is 11.6 Å². The van der Waals surface area contributed by atoms with Crippen LogP contribution in [-0.4, -0.2) is 28.3 Å². The number of hydrogen-bond acceptors (Lipinski definition) is 5. The molecule has 1 fully saturated rings. The Labute approximate surface area is 151 Å². The van der Waals surface area contributed by atoms with Gasteiger partial charge in [-0.1, -0.05) is 18.5 Å². The first-order valence-corrected chi connectivity index (χ1v) is 8.68. The maximum Gasteiger partial charge on any atom is 0.298 e. The molecular formula is C18H22ClN3O3. The van der Waals surface area contributed by atoms with E-state index >= 15 is 0 Å². The number of halogens is 1. The summed E-state index contributed by atoms with van der Waals surface area (Å²) in [6, 6.07) is 6.67. The van der Waals surface area contributed by atoms with Gasteiger partial charge in [-0.05, 0) is 56.0 Å². The first-order chi connectivity index (χ1) is 11.9. The number of aromatic nitrogens is 2. The second kappa shape index (κ2) is 7.15. The van der Waals surface area contributed by atoms with Gasteiger partial charge in [0, 0.05) is 11.8 Å². The number of aliphatic hydroxyl groups excluding tert-OH is 1. The third kappa shape index (κ3) is 4.03. The van der Waals surface area contributed by atoms with E-state index in [1.165, 1.54) is 17.4 Å². The number of nitrogens with zero attached hydrogens (tertiary/aromatic N) is 2. The Bertz CT molecular complexity index is 817. The molecule has 1 saturated carbocycles. The minimum Gasteiger partial charge on any atom is -0.488 e. The smallest absolute Gasteiger partial charge is 0.298 e. The average molecular weight is 364 g/mol. The number of ether oxygens (including phenoxy) is 1. The van der Waals surface area contributed by atoms with Crippen LogP contribution in [-0.2, 0) is 0 Å². The van der Waals surface area contributed by atoms with Crippen molar-refractivity contribution in [2.75, 3.05) is 13.7 Å². The molecule has 6 nitrogen and oxygen atoms in total. The van der Waals surface area contributed by atoms with Crippen molar-refractivity contribution in [1.82, 2.24) is 14.9 Å². The summed E-state index contributed by atoms with van der Waals surface area (Å²) in [5.74, 6) is 0.672. The van der Waals surface area contributed by atoms with Gasteiger partial charge in [-0.3, -0.25) is 14.7 Å². The van der Waals surface area contributed by atoms with Crippen LogP contribution in [0.15, 0.2) is 35.3 Å². The van der Waals surface area contributed by atoms with Crippen LogP contribution in [0.2, 0.25) is 5.15 Å². The van der Waals surface area contributed by atoms with Crippen LogP contribution in [0.5, 0.6) is 5.75 Å². The average Bonchev–Trinajstić information content (AvgIpc) is 3.33. The molecule has 2 aromatic heterocycles. The van der Waals surface area contributed by atoms with Gasteiger partial charge in [0.05, 0.1) is 6.61 Å². The van der Waals surface area contributed by atoms with Crippen molar-refractivity contribution >= 4 is 11.6 Å². The molecule has 0 saturated heterocycles. The highest BCUT2D eigenvalue weighted by Crippen LogP contribution is 2.47. The quantitative estimate of drug-likeness (QED) is 0.584. The molecule has 1 unspecified atom stereocenters. The third-order valence-electron chi connectivity index (χ3n) is 4.66. The van der Waals surface area contributed by atoms with E-state index in [4.69, 9.17) is 16.3 Å². The van der Waals surface area contributed by atoms with E-state index < -0.39 is 6.23 Å². The lowest BCUT2D eigenvalue weighted by Gasteiger charge is -2.14. The molecule has 3 rings (SSSR count). The first-order valence-electron chi connectivity index (χ1n) is 8.30. The predicted octanol–water partition coefficient (Wildman–Crippen LogP) is 2.67. The minimum atomic E-state index is -0.913. The third-order valence-corrected chi connectivity index (χ3v) is 4.96. The summed E-state index contributed by atoms with van der Waals surface area (Å²) >= 11 is 6.13. The first kappa shape index (κ1) is 17.9. The molecule has 0 aliphatic heterocycles. The number of aliphatic hydroxyl groups is 1. The van der Waals surface area contributed by atoms with Crippen molar-refractivity contribution in [3.63, 3.8) is 0 Å². The van der Waals surface area contributed by atoms with Gasteiger partial charge >= 0.3 is 0 Å². The molecule has 2 aromatic rings. The van der Waals surface area contributed by atoms with Crippen LogP contribution in [0.4, 0.5) is 0 Å². The van der Waals surface area contributed by atoms with Crippen molar-refractivity contribution in [3.8, 4) is 11.6 Å². The van der Waals surface area contributed by atoms with Crippen molar-refractivity contribution in [3.05, 3.63) is 51.5 Å². The SMILES string of the molecule is CNC(O)c1ccc(-n2cccc(OCCC3(C)CC3)c2=O)nc1Cl. The Morgan fingerprint density at radius 1 is 1.44 bits per heavy atom. The zero-order valence-corrected chi connectivity index (χ0v) is 15.1. The van der Waals surface area contributed by atoms with Gasteiger partial charge in [0.25, 0.3) is 5.56 Å². The summed E-state index contributed by atoms with van der Waals surface area (Å²) in [5, 5.41) is 12.6. The van der Waals surface area contributed by atoms with Gasteiger partial charge < -0.3 is 9.84 Å². The molecule has 25 heavy (non-hydrogen) atoms. The second-order valence-corrected chi connectivity index (χ2v) is 7.06. The molecule has 2 heterocycles. The molecule has 0 amide bonds. The van der Waals surface area contributed by atoms with E-state index in [1.54, 1.807) is 37.5 Å². The van der Waals surface area contributed by atoms with Crippen molar-refractivity contribution in [2.24, 2.45) is 5.41 Å². The topological polar surface area (TPSA) is 76.4 Å². The summed E-state index contributed by atoms with van der Waals surface area (Å²) in [7, 11) is 1.61. The molecule has 134 valence electrons. The minimum absolute atomic E-state index is 0.138. The number of hydrogen-bond donors (Lipinski definition) is 2. The molecule has 0 spiro atoms. The second-order valence-electron chi connectivity index (χ2n) is 6.70. The van der Waals surface area contributed by atoms with E-state index in [1.807, 2.05) is 0 Å². The summed E-state index contributed by atoms with van der Waals surface area (Å²) in [6.45, 7) is 2.75. The monoisotopic (exact) mass is 363 g/mol. The van der Waals surface area contributed by atoms with Crippen LogP contribution in [0.25, 0.3) is 5.82 Å². The van der Waals surface area contributed by atoms with E-state index in [2.05, 4.69) is 17.2 Å². The fraction of sp³-hybridized carbons (Fsp3) is 0.444. The van der Waals surface area contributed by atoms with Crippen LogP contribution < -0.4 is 15.6 Å².